The SMILES string of the molecule is CCCN(CCC)c1ccnc(C(=O)N2CCN(C)CC2)c1. The highest BCUT2D eigenvalue weighted by molar-refractivity contribution is 5.93. The molecule has 1 aliphatic rings. The molecular formula is C17H28N4O. The average molecular weight is 304 g/mol. The first-order chi connectivity index (χ1) is 10.7. The maximum absolute atomic E-state index is 12.6. The van der Waals surface area contributed by atoms with Crippen LogP contribution in [0.3, 0.4) is 0 Å². The Balaban J connectivity index is 2.11. The Labute approximate surface area is 133 Å². The first-order valence-corrected chi connectivity index (χ1v) is 8.34. The molecule has 0 bridgehead atoms. The van der Waals surface area contributed by atoms with E-state index in [-0.39, 0.29) is 5.91 Å². The Kier molecular flexibility index (Phi) is 6.19. The lowest BCUT2D eigenvalue weighted by atomic mass is 10.2. The van der Waals surface area contributed by atoms with E-state index >= 15 is 0 Å². The smallest absolute Gasteiger partial charge is 0.272 e. The van der Waals surface area contributed by atoms with E-state index < -0.39 is 0 Å². The molecule has 1 fully saturated rings. The quantitative estimate of drug-likeness (QED) is 0.807. The zero-order valence-electron chi connectivity index (χ0n) is 14.1. The van der Waals surface area contributed by atoms with Gasteiger partial charge in [-0.05, 0) is 32.0 Å². The lowest BCUT2D eigenvalue weighted by Crippen LogP contribution is -2.47. The molecule has 122 valence electrons. The second kappa shape index (κ2) is 8.13. The van der Waals surface area contributed by atoms with Gasteiger partial charge < -0.3 is 14.7 Å². The number of hydrogen-bond acceptors (Lipinski definition) is 4. The van der Waals surface area contributed by atoms with Crippen molar-refractivity contribution in [2.45, 2.75) is 26.7 Å². The molecule has 0 N–H and O–H groups in total. The standard InChI is InChI=1S/C17H28N4O/c1-4-8-20(9-5-2)15-6-7-18-16(14-15)17(22)21-12-10-19(3)11-13-21/h6-7,14H,4-5,8-13H2,1-3H3. The highest BCUT2D eigenvalue weighted by Crippen LogP contribution is 2.17. The average Bonchev–Trinajstić information content (AvgIpc) is 2.55. The van der Waals surface area contributed by atoms with Crippen molar-refractivity contribution >= 4 is 11.6 Å². The number of anilines is 1. The largest absolute Gasteiger partial charge is 0.371 e. The minimum absolute atomic E-state index is 0.0582. The Morgan fingerprint density at radius 2 is 1.82 bits per heavy atom. The van der Waals surface area contributed by atoms with Crippen LogP contribution in [0.25, 0.3) is 0 Å². The molecule has 0 radical (unpaired) electrons. The fourth-order valence-corrected chi connectivity index (χ4v) is 2.81. The number of piperazine rings is 1. The molecule has 1 aromatic heterocycles. The van der Waals surface area contributed by atoms with Gasteiger partial charge in [0.1, 0.15) is 5.69 Å². The number of amides is 1. The topological polar surface area (TPSA) is 39.7 Å². The third-order valence-corrected chi connectivity index (χ3v) is 4.11. The highest BCUT2D eigenvalue weighted by Gasteiger charge is 2.21. The molecule has 22 heavy (non-hydrogen) atoms. The van der Waals surface area contributed by atoms with Crippen molar-refractivity contribution in [1.29, 1.82) is 0 Å². The third kappa shape index (κ3) is 4.19. The van der Waals surface area contributed by atoms with Crippen molar-refractivity contribution in [2.75, 3.05) is 51.2 Å². The number of pyridine rings is 1. The van der Waals surface area contributed by atoms with Gasteiger partial charge in [-0.3, -0.25) is 9.78 Å². The van der Waals surface area contributed by atoms with Crippen LogP contribution in [-0.4, -0.2) is 67.0 Å². The summed E-state index contributed by atoms with van der Waals surface area (Å²) in [4.78, 5) is 23.4. The summed E-state index contributed by atoms with van der Waals surface area (Å²) in [7, 11) is 2.09. The number of nitrogens with zero attached hydrogens (tertiary/aromatic N) is 4. The summed E-state index contributed by atoms with van der Waals surface area (Å²) in [6, 6.07) is 3.96. The number of rotatable bonds is 6. The predicted octanol–water partition coefficient (Wildman–Crippen LogP) is 2.10. The molecule has 0 atom stereocenters. The summed E-state index contributed by atoms with van der Waals surface area (Å²) in [5, 5.41) is 0. The minimum Gasteiger partial charge on any atom is -0.371 e. The molecule has 0 saturated carbocycles. The summed E-state index contributed by atoms with van der Waals surface area (Å²) >= 11 is 0. The Hall–Kier alpha value is -1.62. The summed E-state index contributed by atoms with van der Waals surface area (Å²) in [5.74, 6) is 0.0582. The van der Waals surface area contributed by atoms with Crippen molar-refractivity contribution in [2.24, 2.45) is 0 Å². The molecule has 1 aromatic rings. The monoisotopic (exact) mass is 304 g/mol. The van der Waals surface area contributed by atoms with Gasteiger partial charge in [0, 0.05) is 51.2 Å². The van der Waals surface area contributed by atoms with Gasteiger partial charge in [0.15, 0.2) is 0 Å². The van der Waals surface area contributed by atoms with Crippen LogP contribution in [0.1, 0.15) is 37.2 Å². The van der Waals surface area contributed by atoms with Gasteiger partial charge >= 0.3 is 0 Å². The van der Waals surface area contributed by atoms with Gasteiger partial charge in [-0.15, -0.1) is 0 Å². The molecule has 1 aliphatic heterocycles. The molecule has 0 aromatic carbocycles. The first-order valence-electron chi connectivity index (χ1n) is 8.34. The Morgan fingerprint density at radius 1 is 1.18 bits per heavy atom. The van der Waals surface area contributed by atoms with Crippen molar-refractivity contribution in [1.82, 2.24) is 14.8 Å². The van der Waals surface area contributed by atoms with E-state index in [0.29, 0.717) is 5.69 Å². The second-order valence-electron chi connectivity index (χ2n) is 5.98. The number of likely N-dealkylation sites (N-methyl/N-ethyl adjacent to an activating group) is 1. The minimum atomic E-state index is 0.0582. The van der Waals surface area contributed by atoms with Gasteiger partial charge in [-0.2, -0.15) is 0 Å². The molecule has 1 saturated heterocycles. The summed E-state index contributed by atoms with van der Waals surface area (Å²) in [5.41, 5.74) is 1.68. The number of carbonyl (C=O) groups is 1. The van der Waals surface area contributed by atoms with Crippen LogP contribution in [0, 0.1) is 0 Å². The van der Waals surface area contributed by atoms with Crippen LogP contribution in [-0.2, 0) is 0 Å². The van der Waals surface area contributed by atoms with Gasteiger partial charge in [0.2, 0.25) is 0 Å². The zero-order valence-corrected chi connectivity index (χ0v) is 14.1. The van der Waals surface area contributed by atoms with Crippen molar-refractivity contribution in [3.63, 3.8) is 0 Å². The summed E-state index contributed by atoms with van der Waals surface area (Å²) in [6.07, 6.45) is 3.96. The number of hydrogen-bond donors (Lipinski definition) is 0. The van der Waals surface area contributed by atoms with E-state index in [0.717, 1.165) is 57.8 Å². The molecule has 0 spiro atoms. The normalized spacial score (nSPS) is 15.9. The zero-order chi connectivity index (χ0) is 15.9. The molecule has 0 aliphatic carbocycles. The van der Waals surface area contributed by atoms with E-state index in [1.54, 1.807) is 6.20 Å². The maximum atomic E-state index is 12.6. The van der Waals surface area contributed by atoms with Crippen LogP contribution >= 0.6 is 0 Å². The highest BCUT2D eigenvalue weighted by atomic mass is 16.2. The van der Waals surface area contributed by atoms with Gasteiger partial charge in [-0.1, -0.05) is 13.8 Å². The number of aromatic nitrogens is 1. The second-order valence-corrected chi connectivity index (χ2v) is 5.98. The first kappa shape index (κ1) is 16.7. The van der Waals surface area contributed by atoms with Crippen LogP contribution in [0.5, 0.6) is 0 Å². The van der Waals surface area contributed by atoms with E-state index in [9.17, 15) is 4.79 Å². The maximum Gasteiger partial charge on any atom is 0.272 e. The molecule has 2 heterocycles. The Bertz CT molecular complexity index is 477. The molecule has 5 heteroatoms. The molecule has 5 nitrogen and oxygen atoms in total. The molecule has 2 rings (SSSR count). The van der Waals surface area contributed by atoms with Crippen LogP contribution in [0.2, 0.25) is 0 Å². The van der Waals surface area contributed by atoms with Crippen LogP contribution in [0.4, 0.5) is 5.69 Å². The van der Waals surface area contributed by atoms with Crippen LogP contribution in [0.15, 0.2) is 18.3 Å². The van der Waals surface area contributed by atoms with Crippen LogP contribution < -0.4 is 4.90 Å². The third-order valence-electron chi connectivity index (χ3n) is 4.11. The van der Waals surface area contributed by atoms with Crippen molar-refractivity contribution in [3.8, 4) is 0 Å². The molecule has 1 amide bonds. The predicted molar refractivity (Wildman–Crippen MR) is 90.4 cm³/mol. The fraction of sp³-hybridized carbons (Fsp3) is 0.647. The number of carbonyl (C=O) groups excluding carboxylic acids is 1. The lowest BCUT2D eigenvalue weighted by molar-refractivity contribution is 0.0658. The lowest BCUT2D eigenvalue weighted by Gasteiger charge is -2.32. The summed E-state index contributed by atoms with van der Waals surface area (Å²) < 4.78 is 0. The summed E-state index contributed by atoms with van der Waals surface area (Å²) in [6.45, 7) is 9.83. The van der Waals surface area contributed by atoms with Gasteiger partial charge in [0.05, 0.1) is 0 Å². The molecular weight excluding hydrogens is 276 g/mol. The van der Waals surface area contributed by atoms with E-state index in [1.165, 1.54) is 0 Å². The van der Waals surface area contributed by atoms with Gasteiger partial charge in [-0.25, -0.2) is 0 Å². The fourth-order valence-electron chi connectivity index (χ4n) is 2.81. The molecule has 0 unspecified atom stereocenters. The van der Waals surface area contributed by atoms with E-state index in [1.807, 2.05) is 17.0 Å². The Morgan fingerprint density at radius 3 is 2.41 bits per heavy atom. The van der Waals surface area contributed by atoms with E-state index in [4.69, 9.17) is 0 Å². The van der Waals surface area contributed by atoms with Crippen molar-refractivity contribution in [3.05, 3.63) is 24.0 Å². The van der Waals surface area contributed by atoms with Crippen molar-refractivity contribution < 1.29 is 4.79 Å². The van der Waals surface area contributed by atoms with E-state index in [2.05, 4.69) is 35.7 Å². The van der Waals surface area contributed by atoms with Gasteiger partial charge in [0.25, 0.3) is 5.91 Å².